The molecule has 0 spiro atoms. The predicted octanol–water partition coefficient (Wildman–Crippen LogP) is 4.81. The van der Waals surface area contributed by atoms with Crippen LogP contribution in [0.5, 0.6) is 0 Å². The molecule has 0 atom stereocenters. The van der Waals surface area contributed by atoms with Crippen molar-refractivity contribution in [1.29, 1.82) is 0 Å². The molecule has 2 aliphatic rings. The lowest BCUT2D eigenvalue weighted by molar-refractivity contribution is 0.102. The number of pyridine rings is 1. The van der Waals surface area contributed by atoms with E-state index in [9.17, 15) is 9.59 Å². The number of urea groups is 1. The Morgan fingerprint density at radius 3 is 2.42 bits per heavy atom. The van der Waals surface area contributed by atoms with Crippen LogP contribution < -0.4 is 25.3 Å². The lowest BCUT2D eigenvalue weighted by Crippen LogP contribution is -2.46. The van der Waals surface area contributed by atoms with E-state index in [1.54, 1.807) is 30.4 Å². The number of amides is 3. The van der Waals surface area contributed by atoms with E-state index < -0.39 is 0 Å². The highest BCUT2D eigenvalue weighted by Gasteiger charge is 2.31. The molecule has 0 saturated carbocycles. The molecule has 2 N–H and O–H groups in total. The molecule has 2 aliphatic heterocycles. The number of benzene rings is 2. The van der Waals surface area contributed by atoms with E-state index in [2.05, 4.69) is 42.4 Å². The number of hydrogen-bond donors (Lipinski definition) is 2. The van der Waals surface area contributed by atoms with Crippen molar-refractivity contribution in [2.45, 2.75) is 20.4 Å². The van der Waals surface area contributed by atoms with E-state index in [1.165, 1.54) is 4.90 Å². The summed E-state index contributed by atoms with van der Waals surface area (Å²) in [7, 11) is 3.84. The number of anilines is 6. The summed E-state index contributed by atoms with van der Waals surface area (Å²) < 4.78 is 0. The molecule has 0 unspecified atom stereocenters. The first-order valence-electron chi connectivity index (χ1n) is 14.3. The Labute approximate surface area is 251 Å². The molecule has 4 aromatic rings. The average Bonchev–Trinajstić information content (AvgIpc) is 3.01. The van der Waals surface area contributed by atoms with Crippen LogP contribution in [0.2, 0.25) is 0 Å². The van der Waals surface area contributed by atoms with Gasteiger partial charge in [-0.2, -0.15) is 4.98 Å². The molecule has 6 rings (SSSR count). The van der Waals surface area contributed by atoms with Gasteiger partial charge in [-0.15, -0.1) is 0 Å². The summed E-state index contributed by atoms with van der Waals surface area (Å²) in [6, 6.07) is 16.7. The molecular weight excluding hydrogens is 542 g/mol. The van der Waals surface area contributed by atoms with Crippen molar-refractivity contribution in [2.24, 2.45) is 0 Å². The third kappa shape index (κ3) is 5.98. The number of nitrogens with one attached hydrogen (secondary N) is 2. The average molecular weight is 578 g/mol. The number of rotatable bonds is 6. The standard InChI is InChI=1S/C32H35N9O2/c1-21-6-5-7-23(16-21)30(42)35-25-9-8-22(2)27(17-25)41-20-24-18-34-31(37-29(24)39(4)32(41)43)36-26-10-11-28(33-19-26)40-14-12-38(3)13-15-40/h5-11,16-19H,12-15,20H2,1-4H3,(H,35,42)(H,34,36,37). The first kappa shape index (κ1) is 28.1. The minimum absolute atomic E-state index is 0.205. The van der Waals surface area contributed by atoms with Gasteiger partial charge in [0, 0.05) is 56.2 Å². The Balaban J connectivity index is 1.17. The zero-order valence-corrected chi connectivity index (χ0v) is 24.8. The zero-order valence-electron chi connectivity index (χ0n) is 24.8. The fourth-order valence-electron chi connectivity index (χ4n) is 5.34. The molecule has 4 heterocycles. The van der Waals surface area contributed by atoms with Crippen LogP contribution in [0.1, 0.15) is 27.0 Å². The van der Waals surface area contributed by atoms with Crippen molar-refractivity contribution in [3.63, 3.8) is 0 Å². The number of hydrogen-bond acceptors (Lipinski definition) is 8. The van der Waals surface area contributed by atoms with Gasteiger partial charge in [-0.25, -0.2) is 14.8 Å². The van der Waals surface area contributed by atoms with Gasteiger partial charge in [0.2, 0.25) is 5.95 Å². The number of fused-ring (bicyclic) bond motifs is 1. The van der Waals surface area contributed by atoms with Crippen LogP contribution in [0.4, 0.5) is 39.4 Å². The number of nitrogens with zero attached hydrogens (tertiary/aromatic N) is 7. The highest BCUT2D eigenvalue weighted by Crippen LogP contribution is 2.33. The summed E-state index contributed by atoms with van der Waals surface area (Å²) in [5.74, 6) is 1.67. The van der Waals surface area contributed by atoms with Crippen molar-refractivity contribution < 1.29 is 9.59 Å². The highest BCUT2D eigenvalue weighted by atomic mass is 16.2. The largest absolute Gasteiger partial charge is 0.354 e. The summed E-state index contributed by atoms with van der Waals surface area (Å²) in [4.78, 5) is 48.0. The highest BCUT2D eigenvalue weighted by molar-refractivity contribution is 6.07. The van der Waals surface area contributed by atoms with E-state index in [0.717, 1.165) is 54.4 Å². The normalized spacial score (nSPS) is 15.3. The third-order valence-electron chi connectivity index (χ3n) is 7.88. The van der Waals surface area contributed by atoms with Gasteiger partial charge in [-0.1, -0.05) is 23.8 Å². The van der Waals surface area contributed by atoms with E-state index in [0.29, 0.717) is 35.2 Å². The van der Waals surface area contributed by atoms with Crippen LogP contribution >= 0.6 is 0 Å². The summed E-state index contributed by atoms with van der Waals surface area (Å²) in [5.41, 5.74) is 5.39. The van der Waals surface area contributed by atoms with Crippen LogP contribution in [-0.4, -0.2) is 72.1 Å². The van der Waals surface area contributed by atoms with Gasteiger partial charge in [-0.3, -0.25) is 14.6 Å². The minimum Gasteiger partial charge on any atom is -0.354 e. The molecule has 11 nitrogen and oxygen atoms in total. The van der Waals surface area contributed by atoms with Crippen molar-refractivity contribution in [3.8, 4) is 0 Å². The van der Waals surface area contributed by atoms with Crippen LogP contribution in [0.3, 0.4) is 0 Å². The molecule has 0 aliphatic carbocycles. The first-order chi connectivity index (χ1) is 20.7. The summed E-state index contributed by atoms with van der Waals surface area (Å²) in [6.07, 6.45) is 3.52. The number of carbonyl (C=O) groups excluding carboxylic acids is 2. The fraction of sp³-hybridized carbons (Fsp3) is 0.281. The maximum Gasteiger partial charge on any atom is 0.330 e. The van der Waals surface area contributed by atoms with Crippen molar-refractivity contribution in [3.05, 3.63) is 89.2 Å². The minimum atomic E-state index is -0.222. The van der Waals surface area contributed by atoms with E-state index >= 15 is 0 Å². The molecule has 220 valence electrons. The first-order valence-corrected chi connectivity index (χ1v) is 14.3. The summed E-state index contributed by atoms with van der Waals surface area (Å²) in [5, 5.41) is 6.18. The molecule has 0 radical (unpaired) electrons. The molecule has 0 bridgehead atoms. The Kier molecular flexibility index (Phi) is 7.64. The maximum atomic E-state index is 13.6. The summed E-state index contributed by atoms with van der Waals surface area (Å²) >= 11 is 0. The predicted molar refractivity (Wildman–Crippen MR) is 170 cm³/mol. The van der Waals surface area contributed by atoms with Crippen LogP contribution in [0, 0.1) is 13.8 Å². The molecule has 11 heteroatoms. The second-order valence-corrected chi connectivity index (χ2v) is 11.1. The molecule has 1 saturated heterocycles. The van der Waals surface area contributed by atoms with Gasteiger partial charge in [0.15, 0.2) is 0 Å². The summed E-state index contributed by atoms with van der Waals surface area (Å²) in [6.45, 7) is 8.13. The van der Waals surface area contributed by atoms with E-state index in [-0.39, 0.29) is 11.9 Å². The Bertz CT molecular complexity index is 1670. The molecule has 2 aromatic carbocycles. The number of aromatic nitrogens is 3. The van der Waals surface area contributed by atoms with Gasteiger partial charge in [-0.05, 0) is 62.9 Å². The second-order valence-electron chi connectivity index (χ2n) is 11.1. The molecule has 43 heavy (non-hydrogen) atoms. The van der Waals surface area contributed by atoms with Crippen LogP contribution in [-0.2, 0) is 6.54 Å². The van der Waals surface area contributed by atoms with Crippen molar-refractivity contribution in [1.82, 2.24) is 19.9 Å². The Morgan fingerprint density at radius 1 is 0.884 bits per heavy atom. The topological polar surface area (TPSA) is 110 Å². The van der Waals surface area contributed by atoms with Crippen molar-refractivity contribution >= 4 is 46.6 Å². The molecule has 2 aromatic heterocycles. The number of carbonyl (C=O) groups is 2. The number of aryl methyl sites for hydroxylation is 2. The third-order valence-corrected chi connectivity index (χ3v) is 7.88. The Morgan fingerprint density at radius 2 is 1.67 bits per heavy atom. The Hall–Kier alpha value is -5.03. The quantitative estimate of drug-likeness (QED) is 0.336. The van der Waals surface area contributed by atoms with E-state index in [1.807, 2.05) is 62.4 Å². The second kappa shape index (κ2) is 11.7. The molecule has 1 fully saturated rings. The smallest absolute Gasteiger partial charge is 0.330 e. The van der Waals surface area contributed by atoms with Gasteiger partial charge < -0.3 is 20.4 Å². The van der Waals surface area contributed by atoms with Crippen LogP contribution in [0.25, 0.3) is 0 Å². The molecule has 3 amide bonds. The van der Waals surface area contributed by atoms with E-state index in [4.69, 9.17) is 0 Å². The van der Waals surface area contributed by atoms with Gasteiger partial charge in [0.25, 0.3) is 5.91 Å². The lowest BCUT2D eigenvalue weighted by atomic mass is 10.1. The maximum absolute atomic E-state index is 13.6. The van der Waals surface area contributed by atoms with Gasteiger partial charge in [0.05, 0.1) is 24.1 Å². The fourth-order valence-corrected chi connectivity index (χ4v) is 5.34. The number of piperazine rings is 1. The van der Waals surface area contributed by atoms with Gasteiger partial charge in [0.1, 0.15) is 11.6 Å². The monoisotopic (exact) mass is 577 g/mol. The SMILES string of the molecule is Cc1cccc(C(=O)Nc2ccc(C)c(N3Cc4cnc(Nc5ccc(N6CCN(C)CC6)nc5)nc4N(C)C3=O)c2)c1. The number of likely N-dealkylation sites (N-methyl/N-ethyl adjacent to an activating group) is 1. The van der Waals surface area contributed by atoms with Crippen LogP contribution in [0.15, 0.2) is 67.0 Å². The zero-order chi connectivity index (χ0) is 30.1. The van der Waals surface area contributed by atoms with Crippen molar-refractivity contribution in [2.75, 3.05) is 65.6 Å². The van der Waals surface area contributed by atoms with Gasteiger partial charge >= 0.3 is 6.03 Å². The lowest BCUT2D eigenvalue weighted by Gasteiger charge is -2.35. The molecular formula is C32H35N9O2.